The van der Waals surface area contributed by atoms with Crippen molar-refractivity contribution in [1.29, 1.82) is 0 Å². The normalized spacial score (nSPS) is 10.4. The van der Waals surface area contributed by atoms with Gasteiger partial charge in [0.25, 0.3) is 0 Å². The maximum atomic E-state index is 12.4. The highest BCUT2D eigenvalue weighted by Crippen LogP contribution is 2.34. The van der Waals surface area contributed by atoms with E-state index in [9.17, 15) is 24.5 Å². The molecule has 0 spiro atoms. The fourth-order valence-corrected chi connectivity index (χ4v) is 3.49. The summed E-state index contributed by atoms with van der Waals surface area (Å²) < 4.78 is 10.9. The lowest BCUT2D eigenvalue weighted by Gasteiger charge is -2.05. The maximum absolute atomic E-state index is 12.4. The minimum Gasteiger partial charge on any atom is -0.465 e. The first-order valence-electron chi connectivity index (χ1n) is 8.07. The minimum absolute atomic E-state index is 0.0482. The van der Waals surface area contributed by atoms with E-state index in [-0.39, 0.29) is 34.4 Å². The molecule has 0 aliphatic rings. The van der Waals surface area contributed by atoms with Crippen LogP contribution in [0.4, 0.5) is 10.8 Å². The zero-order chi connectivity index (χ0) is 21.0. The Bertz CT molecular complexity index is 947. The van der Waals surface area contributed by atoms with E-state index in [0.717, 1.165) is 16.0 Å². The summed E-state index contributed by atoms with van der Waals surface area (Å²) in [6.45, 7) is 4.61. The molecule has 11 nitrogen and oxygen atoms in total. The molecule has 2 rings (SSSR count). The molecule has 0 aromatic carbocycles. The average molecular weight is 410 g/mol. The van der Waals surface area contributed by atoms with Gasteiger partial charge in [0, 0.05) is 0 Å². The SMILES string of the molecule is CCOC(=O)c1sc(NC(=O)Cn2nc([N+](=O)[O-])cc2C)c(C(=O)OC)c1C. The summed E-state index contributed by atoms with van der Waals surface area (Å²) in [6.07, 6.45) is 0. The topological polar surface area (TPSA) is 143 Å². The Morgan fingerprint density at radius 3 is 2.54 bits per heavy atom. The Kier molecular flexibility index (Phi) is 6.46. The molecule has 0 atom stereocenters. The van der Waals surface area contributed by atoms with Crippen molar-refractivity contribution in [3.8, 4) is 0 Å². The lowest BCUT2D eigenvalue weighted by atomic mass is 10.1. The fourth-order valence-electron chi connectivity index (χ4n) is 2.38. The predicted octanol–water partition coefficient (Wildman–Crippen LogP) is 2.07. The number of amides is 1. The van der Waals surface area contributed by atoms with Crippen molar-refractivity contribution >= 4 is 40.0 Å². The molecular weight excluding hydrogens is 392 g/mol. The van der Waals surface area contributed by atoms with Crippen LogP contribution >= 0.6 is 11.3 Å². The van der Waals surface area contributed by atoms with E-state index in [2.05, 4.69) is 10.4 Å². The van der Waals surface area contributed by atoms with Gasteiger partial charge in [-0.15, -0.1) is 11.3 Å². The van der Waals surface area contributed by atoms with E-state index in [1.165, 1.54) is 13.2 Å². The number of nitro groups is 1. The second-order valence-electron chi connectivity index (χ2n) is 5.58. The minimum atomic E-state index is -0.717. The molecule has 1 N–H and O–H groups in total. The van der Waals surface area contributed by atoms with E-state index in [0.29, 0.717) is 11.3 Å². The van der Waals surface area contributed by atoms with E-state index >= 15 is 0 Å². The molecule has 1 amide bonds. The molecule has 0 unspecified atom stereocenters. The number of aryl methyl sites for hydroxylation is 1. The van der Waals surface area contributed by atoms with Crippen molar-refractivity contribution in [3.05, 3.63) is 37.9 Å². The van der Waals surface area contributed by atoms with E-state index in [1.54, 1.807) is 20.8 Å². The highest BCUT2D eigenvalue weighted by molar-refractivity contribution is 7.18. The predicted molar refractivity (Wildman–Crippen MR) is 98.6 cm³/mol. The van der Waals surface area contributed by atoms with E-state index in [4.69, 9.17) is 9.47 Å². The number of aromatic nitrogens is 2. The summed E-state index contributed by atoms with van der Waals surface area (Å²) in [6, 6.07) is 1.24. The molecule has 150 valence electrons. The number of hydrogen-bond donors (Lipinski definition) is 1. The number of hydrogen-bond acceptors (Lipinski definition) is 9. The highest BCUT2D eigenvalue weighted by Gasteiger charge is 2.27. The van der Waals surface area contributed by atoms with Crippen LogP contribution in [-0.2, 0) is 20.8 Å². The van der Waals surface area contributed by atoms with Crippen molar-refractivity contribution in [2.45, 2.75) is 27.3 Å². The zero-order valence-corrected chi connectivity index (χ0v) is 16.4. The third kappa shape index (κ3) is 4.34. The van der Waals surface area contributed by atoms with Crippen LogP contribution in [-0.4, -0.2) is 46.3 Å². The second kappa shape index (κ2) is 8.61. The zero-order valence-electron chi connectivity index (χ0n) is 15.6. The van der Waals surface area contributed by atoms with Gasteiger partial charge in [0.05, 0.1) is 36.1 Å². The molecule has 28 heavy (non-hydrogen) atoms. The lowest BCUT2D eigenvalue weighted by molar-refractivity contribution is -0.389. The number of carbonyl (C=O) groups is 3. The van der Waals surface area contributed by atoms with Gasteiger partial charge < -0.3 is 24.9 Å². The second-order valence-corrected chi connectivity index (χ2v) is 6.60. The molecule has 0 aliphatic carbocycles. The van der Waals surface area contributed by atoms with Crippen molar-refractivity contribution in [2.24, 2.45) is 0 Å². The number of nitrogens with zero attached hydrogens (tertiary/aromatic N) is 3. The van der Waals surface area contributed by atoms with Gasteiger partial charge in [0.15, 0.2) is 0 Å². The third-order valence-electron chi connectivity index (χ3n) is 3.70. The lowest BCUT2D eigenvalue weighted by Crippen LogP contribution is -2.21. The first kappa shape index (κ1) is 21.0. The largest absolute Gasteiger partial charge is 0.465 e. The number of rotatable bonds is 7. The van der Waals surface area contributed by atoms with Gasteiger partial charge in [-0.25, -0.2) is 9.59 Å². The van der Waals surface area contributed by atoms with E-state index < -0.39 is 22.8 Å². The Hall–Kier alpha value is -3.28. The van der Waals surface area contributed by atoms with Gasteiger partial charge in [-0.3, -0.25) is 4.79 Å². The Morgan fingerprint density at radius 1 is 1.32 bits per heavy atom. The number of esters is 2. The first-order valence-corrected chi connectivity index (χ1v) is 8.88. The Morgan fingerprint density at radius 2 is 2.00 bits per heavy atom. The molecule has 2 aromatic heterocycles. The summed E-state index contributed by atoms with van der Waals surface area (Å²) in [7, 11) is 1.18. The van der Waals surface area contributed by atoms with Gasteiger partial charge in [0.2, 0.25) is 5.91 Å². The van der Waals surface area contributed by atoms with Crippen LogP contribution in [0.3, 0.4) is 0 Å². The number of carbonyl (C=O) groups excluding carboxylic acids is 3. The smallest absolute Gasteiger partial charge is 0.390 e. The van der Waals surface area contributed by atoms with Crippen LogP contribution < -0.4 is 5.32 Å². The van der Waals surface area contributed by atoms with Crippen LogP contribution in [0.5, 0.6) is 0 Å². The molecule has 0 fully saturated rings. The molecule has 0 saturated heterocycles. The van der Waals surface area contributed by atoms with Crippen LogP contribution in [0.2, 0.25) is 0 Å². The number of ether oxygens (including phenoxy) is 2. The molecule has 0 radical (unpaired) electrons. The molecule has 0 bridgehead atoms. The summed E-state index contributed by atoms with van der Waals surface area (Å²) in [5.41, 5.74) is 0.799. The average Bonchev–Trinajstić information content (AvgIpc) is 3.15. The van der Waals surface area contributed by atoms with Crippen LogP contribution in [0.1, 0.15) is 38.2 Å². The first-order chi connectivity index (χ1) is 13.2. The van der Waals surface area contributed by atoms with Gasteiger partial charge >= 0.3 is 17.8 Å². The number of thiophene rings is 1. The van der Waals surface area contributed by atoms with Crippen molar-refractivity contribution in [3.63, 3.8) is 0 Å². The molecular formula is C16H18N4O7S. The highest BCUT2D eigenvalue weighted by atomic mass is 32.1. The van der Waals surface area contributed by atoms with Crippen LogP contribution in [0, 0.1) is 24.0 Å². The third-order valence-corrected chi connectivity index (χ3v) is 4.89. The fraction of sp³-hybridized carbons (Fsp3) is 0.375. The molecule has 0 saturated carbocycles. The summed E-state index contributed by atoms with van der Waals surface area (Å²) >= 11 is 0.886. The Balaban J connectivity index is 2.30. The van der Waals surface area contributed by atoms with Gasteiger partial charge in [-0.2, -0.15) is 4.68 Å². The summed E-state index contributed by atoms with van der Waals surface area (Å²) in [5, 5.41) is 17.2. The van der Waals surface area contributed by atoms with Crippen molar-refractivity contribution < 1.29 is 28.8 Å². The summed E-state index contributed by atoms with van der Waals surface area (Å²) in [4.78, 5) is 46.9. The summed E-state index contributed by atoms with van der Waals surface area (Å²) in [5.74, 6) is -2.29. The van der Waals surface area contributed by atoms with Crippen molar-refractivity contribution in [1.82, 2.24) is 9.78 Å². The Labute approximate surface area is 163 Å². The van der Waals surface area contributed by atoms with Crippen molar-refractivity contribution in [2.75, 3.05) is 19.0 Å². The van der Waals surface area contributed by atoms with Gasteiger partial charge in [0.1, 0.15) is 16.4 Å². The quantitative estimate of drug-likeness (QED) is 0.415. The number of methoxy groups -OCH3 is 1. The molecule has 0 aliphatic heterocycles. The van der Waals surface area contributed by atoms with E-state index in [1.807, 2.05) is 0 Å². The molecule has 12 heteroatoms. The monoisotopic (exact) mass is 410 g/mol. The number of nitrogens with one attached hydrogen (secondary N) is 1. The molecule has 2 heterocycles. The van der Waals surface area contributed by atoms with Crippen LogP contribution in [0.25, 0.3) is 0 Å². The van der Waals surface area contributed by atoms with Gasteiger partial charge in [-0.1, -0.05) is 0 Å². The maximum Gasteiger partial charge on any atom is 0.390 e. The standard InChI is InChI=1S/C16H18N4O7S/c1-5-27-16(23)13-9(3)12(15(22)26-4)14(28-13)17-11(21)7-19-8(2)6-10(18-19)20(24)25/h6H,5,7H2,1-4H3,(H,17,21). The van der Waals surface area contributed by atoms with Crippen LogP contribution in [0.15, 0.2) is 6.07 Å². The van der Waals surface area contributed by atoms with Gasteiger partial charge in [-0.05, 0) is 31.3 Å². The molecule has 2 aromatic rings. The number of anilines is 1.